The molecule has 2 rings (SSSR count). The fourth-order valence-electron chi connectivity index (χ4n) is 2.11. The van der Waals surface area contributed by atoms with Gasteiger partial charge >= 0.3 is 0 Å². The summed E-state index contributed by atoms with van der Waals surface area (Å²) in [6.07, 6.45) is 0. The second-order valence-electron chi connectivity index (χ2n) is 5.55. The van der Waals surface area contributed by atoms with E-state index in [1.807, 2.05) is 6.07 Å². The molecule has 2 aromatic rings. The molecule has 1 amide bonds. The van der Waals surface area contributed by atoms with Crippen LogP contribution in [-0.2, 0) is 14.8 Å². The zero-order chi connectivity index (χ0) is 19.9. The summed E-state index contributed by atoms with van der Waals surface area (Å²) in [6.45, 7) is -0.0384. The molecule has 0 unspecified atom stereocenters. The number of nitrogens with one attached hydrogen (secondary N) is 1. The molecule has 0 radical (unpaired) electrons. The van der Waals surface area contributed by atoms with E-state index >= 15 is 0 Å². The molecule has 7 nitrogen and oxygen atoms in total. The van der Waals surface area contributed by atoms with Crippen molar-refractivity contribution in [1.29, 1.82) is 5.26 Å². The summed E-state index contributed by atoms with van der Waals surface area (Å²) in [7, 11) is -2.55. The summed E-state index contributed by atoms with van der Waals surface area (Å²) < 4.78 is 43.9. The van der Waals surface area contributed by atoms with Crippen LogP contribution in [0.3, 0.4) is 0 Å². The van der Waals surface area contributed by atoms with Crippen LogP contribution in [0.25, 0.3) is 0 Å². The summed E-state index contributed by atoms with van der Waals surface area (Å²) in [4.78, 5) is 11.9. The molecule has 9 heteroatoms. The molecule has 0 fully saturated rings. The number of carbonyl (C=O) groups excluding carboxylic acids is 1. The highest BCUT2D eigenvalue weighted by atomic mass is 32.2. The number of halogens is 1. The second kappa shape index (κ2) is 9.12. The largest absolute Gasteiger partial charge is 0.492 e. The van der Waals surface area contributed by atoms with Crippen molar-refractivity contribution in [1.82, 2.24) is 9.62 Å². The van der Waals surface area contributed by atoms with Crippen LogP contribution >= 0.6 is 0 Å². The van der Waals surface area contributed by atoms with Gasteiger partial charge in [0.2, 0.25) is 15.9 Å². The van der Waals surface area contributed by atoms with Gasteiger partial charge in [0.1, 0.15) is 18.2 Å². The van der Waals surface area contributed by atoms with Gasteiger partial charge in [0.15, 0.2) is 0 Å². The molecule has 0 atom stereocenters. The third-order valence-corrected chi connectivity index (χ3v) is 5.38. The van der Waals surface area contributed by atoms with Crippen molar-refractivity contribution in [2.75, 3.05) is 26.7 Å². The number of amides is 1. The van der Waals surface area contributed by atoms with E-state index in [4.69, 9.17) is 10.00 Å². The highest BCUT2D eigenvalue weighted by Gasteiger charge is 2.22. The van der Waals surface area contributed by atoms with Gasteiger partial charge in [-0.05, 0) is 48.5 Å². The highest BCUT2D eigenvalue weighted by Crippen LogP contribution is 2.14. The molecule has 0 spiro atoms. The Bertz CT molecular complexity index is 923. The van der Waals surface area contributed by atoms with E-state index in [0.29, 0.717) is 11.3 Å². The van der Waals surface area contributed by atoms with E-state index in [2.05, 4.69) is 5.32 Å². The van der Waals surface area contributed by atoms with Gasteiger partial charge in [-0.1, -0.05) is 0 Å². The molecule has 1 N–H and O–H groups in total. The molecule has 0 heterocycles. The minimum absolute atomic E-state index is 0.00329. The van der Waals surface area contributed by atoms with Gasteiger partial charge in [-0.2, -0.15) is 9.57 Å². The minimum Gasteiger partial charge on any atom is -0.492 e. The zero-order valence-electron chi connectivity index (χ0n) is 14.6. The van der Waals surface area contributed by atoms with Gasteiger partial charge in [-0.25, -0.2) is 12.8 Å². The molecule has 0 aliphatic carbocycles. The predicted molar refractivity (Wildman–Crippen MR) is 95.9 cm³/mol. The van der Waals surface area contributed by atoms with Crippen LogP contribution in [0.4, 0.5) is 4.39 Å². The summed E-state index contributed by atoms with van der Waals surface area (Å²) in [5.74, 6) is -0.397. The number of rotatable bonds is 8. The van der Waals surface area contributed by atoms with Crippen LogP contribution in [0.5, 0.6) is 5.75 Å². The summed E-state index contributed by atoms with van der Waals surface area (Å²) in [6, 6.07) is 12.8. The van der Waals surface area contributed by atoms with E-state index in [-0.39, 0.29) is 30.4 Å². The van der Waals surface area contributed by atoms with E-state index in [1.165, 1.54) is 55.6 Å². The van der Waals surface area contributed by atoms with Crippen molar-refractivity contribution in [3.05, 3.63) is 59.9 Å². The van der Waals surface area contributed by atoms with Crippen molar-refractivity contribution in [3.8, 4) is 11.8 Å². The number of nitrogens with zero attached hydrogens (tertiary/aromatic N) is 2. The maximum absolute atomic E-state index is 12.8. The molecular formula is C18H18FN3O4S. The lowest BCUT2D eigenvalue weighted by atomic mass is 10.2. The first-order valence-electron chi connectivity index (χ1n) is 7.94. The van der Waals surface area contributed by atoms with Gasteiger partial charge in [0.05, 0.1) is 29.6 Å². The van der Waals surface area contributed by atoms with Crippen molar-refractivity contribution < 1.29 is 22.3 Å². The van der Waals surface area contributed by atoms with E-state index in [1.54, 1.807) is 0 Å². The number of likely N-dealkylation sites (N-methyl/N-ethyl adjacent to an activating group) is 1. The predicted octanol–water partition coefficient (Wildman–Crippen LogP) is 1.51. The molecule has 0 aliphatic heterocycles. The summed E-state index contributed by atoms with van der Waals surface area (Å²) in [5, 5.41) is 11.3. The maximum Gasteiger partial charge on any atom is 0.243 e. The van der Waals surface area contributed by atoms with Crippen LogP contribution in [0, 0.1) is 17.1 Å². The van der Waals surface area contributed by atoms with Crippen molar-refractivity contribution in [2.45, 2.75) is 4.90 Å². The number of benzene rings is 2. The fourth-order valence-corrected chi connectivity index (χ4v) is 3.24. The van der Waals surface area contributed by atoms with Crippen LogP contribution in [0.1, 0.15) is 5.56 Å². The number of nitriles is 1. The quantitative estimate of drug-likeness (QED) is 0.688. The Morgan fingerprint density at radius 2 is 1.81 bits per heavy atom. The number of ether oxygens (including phenoxy) is 1. The first-order chi connectivity index (χ1) is 12.8. The Morgan fingerprint density at radius 1 is 1.19 bits per heavy atom. The minimum atomic E-state index is -3.84. The van der Waals surface area contributed by atoms with Gasteiger partial charge in [0.25, 0.3) is 0 Å². The van der Waals surface area contributed by atoms with Crippen LogP contribution in [0.2, 0.25) is 0 Å². The molecule has 2 aromatic carbocycles. The lowest BCUT2D eigenvalue weighted by Gasteiger charge is -2.17. The normalized spacial score (nSPS) is 11.0. The smallest absolute Gasteiger partial charge is 0.243 e. The van der Waals surface area contributed by atoms with Crippen LogP contribution < -0.4 is 10.1 Å². The first-order valence-corrected chi connectivity index (χ1v) is 9.38. The van der Waals surface area contributed by atoms with Gasteiger partial charge < -0.3 is 10.1 Å². The Hall–Kier alpha value is -2.96. The van der Waals surface area contributed by atoms with Gasteiger partial charge in [-0.3, -0.25) is 4.79 Å². The van der Waals surface area contributed by atoms with E-state index in [9.17, 15) is 17.6 Å². The van der Waals surface area contributed by atoms with E-state index in [0.717, 1.165) is 4.31 Å². The second-order valence-corrected chi connectivity index (χ2v) is 7.59. The fraction of sp³-hybridized carbons (Fsp3) is 0.222. The zero-order valence-corrected chi connectivity index (χ0v) is 15.4. The van der Waals surface area contributed by atoms with Crippen molar-refractivity contribution in [3.63, 3.8) is 0 Å². The molecule has 0 saturated heterocycles. The summed E-state index contributed by atoms with van der Waals surface area (Å²) >= 11 is 0. The Labute approximate surface area is 157 Å². The number of carbonyl (C=O) groups is 1. The molecular weight excluding hydrogens is 373 g/mol. The maximum atomic E-state index is 12.8. The van der Waals surface area contributed by atoms with Gasteiger partial charge in [-0.15, -0.1) is 0 Å². The van der Waals surface area contributed by atoms with Crippen molar-refractivity contribution in [2.24, 2.45) is 0 Å². The Balaban J connectivity index is 1.81. The summed E-state index contributed by atoms with van der Waals surface area (Å²) in [5.41, 5.74) is 0.343. The molecule has 0 bridgehead atoms. The topological polar surface area (TPSA) is 99.5 Å². The average molecular weight is 391 g/mol. The standard InChI is InChI=1S/C18H18FN3O4S/c1-22(27(24,25)17-8-2-14(12-20)3-9-17)13-18(23)21-10-11-26-16-6-4-15(19)5-7-16/h2-9H,10-11,13H2,1H3,(H,21,23). The molecule has 27 heavy (non-hydrogen) atoms. The monoisotopic (exact) mass is 391 g/mol. The average Bonchev–Trinajstić information content (AvgIpc) is 2.66. The molecule has 0 aliphatic rings. The third-order valence-electron chi connectivity index (χ3n) is 3.56. The SMILES string of the molecule is CN(CC(=O)NCCOc1ccc(F)cc1)S(=O)(=O)c1ccc(C#N)cc1. The van der Waals surface area contributed by atoms with Crippen molar-refractivity contribution >= 4 is 15.9 Å². The number of sulfonamides is 1. The third kappa shape index (κ3) is 5.77. The number of hydrogen-bond acceptors (Lipinski definition) is 5. The Kier molecular flexibility index (Phi) is 6.87. The molecule has 0 aromatic heterocycles. The molecule has 142 valence electrons. The van der Waals surface area contributed by atoms with Crippen LogP contribution in [0.15, 0.2) is 53.4 Å². The molecule has 0 saturated carbocycles. The highest BCUT2D eigenvalue weighted by molar-refractivity contribution is 7.89. The number of hydrogen-bond donors (Lipinski definition) is 1. The Morgan fingerprint density at radius 3 is 2.41 bits per heavy atom. The lowest BCUT2D eigenvalue weighted by molar-refractivity contribution is -0.121. The van der Waals surface area contributed by atoms with Gasteiger partial charge in [0, 0.05) is 7.05 Å². The van der Waals surface area contributed by atoms with Crippen LogP contribution in [-0.4, -0.2) is 45.4 Å². The van der Waals surface area contributed by atoms with E-state index < -0.39 is 15.9 Å². The lowest BCUT2D eigenvalue weighted by Crippen LogP contribution is -2.39. The first kappa shape index (κ1) is 20.4.